The van der Waals surface area contributed by atoms with E-state index in [9.17, 15) is 4.79 Å². The molecule has 1 aliphatic carbocycles. The summed E-state index contributed by atoms with van der Waals surface area (Å²) in [5.74, 6) is 0.418. The SMILES string of the molecule is O=C(NCC1CCCC(Cl)C1)c1ccccn1. The Morgan fingerprint density at radius 1 is 1.47 bits per heavy atom. The number of rotatable bonds is 3. The molecule has 1 saturated carbocycles. The van der Waals surface area contributed by atoms with Crippen molar-refractivity contribution in [2.45, 2.75) is 31.1 Å². The third-order valence-corrected chi connectivity index (χ3v) is 3.56. The van der Waals surface area contributed by atoms with Crippen LogP contribution >= 0.6 is 11.6 Å². The molecule has 2 unspecified atom stereocenters. The summed E-state index contributed by atoms with van der Waals surface area (Å²) in [4.78, 5) is 15.8. The molecule has 0 bridgehead atoms. The van der Waals surface area contributed by atoms with Crippen molar-refractivity contribution in [1.29, 1.82) is 0 Å². The molecule has 3 nitrogen and oxygen atoms in total. The molecule has 1 amide bonds. The maximum Gasteiger partial charge on any atom is 0.269 e. The van der Waals surface area contributed by atoms with Crippen molar-refractivity contribution in [2.75, 3.05) is 6.54 Å². The van der Waals surface area contributed by atoms with Gasteiger partial charge in [0.1, 0.15) is 5.69 Å². The Labute approximate surface area is 107 Å². The van der Waals surface area contributed by atoms with E-state index in [4.69, 9.17) is 11.6 Å². The molecule has 1 aliphatic rings. The minimum Gasteiger partial charge on any atom is -0.350 e. The number of halogens is 1. The maximum absolute atomic E-state index is 11.8. The van der Waals surface area contributed by atoms with Crippen LogP contribution in [0.4, 0.5) is 0 Å². The topological polar surface area (TPSA) is 42.0 Å². The van der Waals surface area contributed by atoms with E-state index in [0.717, 1.165) is 25.7 Å². The molecule has 1 aromatic heterocycles. The molecule has 1 heterocycles. The predicted molar refractivity (Wildman–Crippen MR) is 68.2 cm³/mol. The fraction of sp³-hybridized carbons (Fsp3) is 0.538. The highest BCUT2D eigenvalue weighted by atomic mass is 35.5. The second-order valence-corrected chi connectivity index (χ2v) is 5.17. The number of nitrogens with one attached hydrogen (secondary N) is 1. The molecule has 1 aromatic rings. The Balaban J connectivity index is 1.80. The molecule has 0 aliphatic heterocycles. The Bertz CT molecular complexity index is 369. The van der Waals surface area contributed by atoms with Gasteiger partial charge in [-0.2, -0.15) is 0 Å². The van der Waals surface area contributed by atoms with Crippen LogP contribution < -0.4 is 5.32 Å². The van der Waals surface area contributed by atoms with Gasteiger partial charge < -0.3 is 5.32 Å². The van der Waals surface area contributed by atoms with E-state index in [0.29, 0.717) is 18.2 Å². The van der Waals surface area contributed by atoms with Gasteiger partial charge in [0, 0.05) is 18.1 Å². The quantitative estimate of drug-likeness (QED) is 0.841. The average molecular weight is 253 g/mol. The van der Waals surface area contributed by atoms with Gasteiger partial charge in [-0.05, 0) is 37.3 Å². The number of carbonyl (C=O) groups is 1. The van der Waals surface area contributed by atoms with Crippen molar-refractivity contribution < 1.29 is 4.79 Å². The van der Waals surface area contributed by atoms with Gasteiger partial charge >= 0.3 is 0 Å². The van der Waals surface area contributed by atoms with Gasteiger partial charge in [0.05, 0.1) is 0 Å². The van der Waals surface area contributed by atoms with Crippen LogP contribution in [0.25, 0.3) is 0 Å². The number of hydrogen-bond acceptors (Lipinski definition) is 2. The standard InChI is InChI=1S/C13H17ClN2O/c14-11-5-3-4-10(8-11)9-16-13(17)12-6-1-2-7-15-12/h1-2,6-7,10-11H,3-5,8-9H2,(H,16,17). The molecule has 92 valence electrons. The minimum absolute atomic E-state index is 0.0951. The van der Waals surface area contributed by atoms with Crippen LogP contribution in [0.5, 0.6) is 0 Å². The van der Waals surface area contributed by atoms with Crippen LogP contribution in [0.2, 0.25) is 0 Å². The fourth-order valence-electron chi connectivity index (χ4n) is 2.24. The Kier molecular flexibility index (Phi) is 4.37. The second-order valence-electron chi connectivity index (χ2n) is 4.55. The van der Waals surface area contributed by atoms with E-state index in [2.05, 4.69) is 10.3 Å². The van der Waals surface area contributed by atoms with Crippen LogP contribution in [0.3, 0.4) is 0 Å². The minimum atomic E-state index is -0.0951. The second kappa shape index (κ2) is 6.01. The third kappa shape index (κ3) is 3.70. The predicted octanol–water partition coefficient (Wildman–Crippen LogP) is 2.61. The number of carbonyl (C=O) groups excluding carboxylic acids is 1. The highest BCUT2D eigenvalue weighted by Crippen LogP contribution is 2.27. The molecular formula is C13H17ClN2O. The average Bonchev–Trinajstić information content (AvgIpc) is 2.37. The van der Waals surface area contributed by atoms with Crippen molar-refractivity contribution in [1.82, 2.24) is 10.3 Å². The first-order chi connectivity index (χ1) is 8.25. The summed E-state index contributed by atoms with van der Waals surface area (Å²) in [5, 5.41) is 3.21. The Morgan fingerprint density at radius 3 is 3.06 bits per heavy atom. The Hall–Kier alpha value is -1.09. The van der Waals surface area contributed by atoms with Gasteiger partial charge in [-0.3, -0.25) is 9.78 Å². The lowest BCUT2D eigenvalue weighted by atomic mass is 9.89. The molecule has 0 spiro atoms. The molecule has 1 N–H and O–H groups in total. The van der Waals surface area contributed by atoms with Crippen LogP contribution in [-0.4, -0.2) is 22.8 Å². The highest BCUT2D eigenvalue weighted by molar-refractivity contribution is 6.20. The number of alkyl halides is 1. The van der Waals surface area contributed by atoms with E-state index in [-0.39, 0.29) is 11.3 Å². The van der Waals surface area contributed by atoms with E-state index >= 15 is 0 Å². The first-order valence-electron chi connectivity index (χ1n) is 6.09. The van der Waals surface area contributed by atoms with Crippen molar-refractivity contribution in [3.63, 3.8) is 0 Å². The normalized spacial score (nSPS) is 24.3. The lowest BCUT2D eigenvalue weighted by Crippen LogP contribution is -2.32. The van der Waals surface area contributed by atoms with Gasteiger partial charge in [0.15, 0.2) is 0 Å². The summed E-state index contributed by atoms with van der Waals surface area (Å²) in [7, 11) is 0. The molecular weight excluding hydrogens is 236 g/mol. The zero-order valence-electron chi connectivity index (χ0n) is 9.73. The number of hydrogen-bond donors (Lipinski definition) is 1. The lowest BCUT2D eigenvalue weighted by Gasteiger charge is -2.25. The third-order valence-electron chi connectivity index (χ3n) is 3.17. The Morgan fingerprint density at radius 2 is 2.35 bits per heavy atom. The molecule has 0 radical (unpaired) electrons. The van der Waals surface area contributed by atoms with Gasteiger partial charge in [0.2, 0.25) is 0 Å². The van der Waals surface area contributed by atoms with Crippen molar-refractivity contribution in [2.24, 2.45) is 5.92 Å². The summed E-state index contributed by atoms with van der Waals surface area (Å²) in [5.41, 5.74) is 0.478. The first-order valence-corrected chi connectivity index (χ1v) is 6.52. The van der Waals surface area contributed by atoms with Crippen LogP contribution in [-0.2, 0) is 0 Å². The lowest BCUT2D eigenvalue weighted by molar-refractivity contribution is 0.0938. The summed E-state index contributed by atoms with van der Waals surface area (Å²) in [6.45, 7) is 0.707. The number of pyridine rings is 1. The summed E-state index contributed by atoms with van der Waals surface area (Å²) in [6, 6.07) is 5.34. The van der Waals surface area contributed by atoms with E-state index in [1.54, 1.807) is 18.3 Å². The zero-order valence-corrected chi connectivity index (χ0v) is 10.5. The van der Waals surface area contributed by atoms with Gasteiger partial charge in [-0.1, -0.05) is 12.5 Å². The molecule has 0 saturated heterocycles. The zero-order chi connectivity index (χ0) is 12.1. The van der Waals surface area contributed by atoms with Crippen LogP contribution in [0.1, 0.15) is 36.2 Å². The van der Waals surface area contributed by atoms with Crippen molar-refractivity contribution in [3.8, 4) is 0 Å². The summed E-state index contributed by atoms with van der Waals surface area (Å²) in [6.07, 6.45) is 6.06. The maximum atomic E-state index is 11.8. The van der Waals surface area contributed by atoms with Gasteiger partial charge in [-0.15, -0.1) is 11.6 Å². The van der Waals surface area contributed by atoms with Crippen molar-refractivity contribution in [3.05, 3.63) is 30.1 Å². The largest absolute Gasteiger partial charge is 0.350 e. The van der Waals surface area contributed by atoms with E-state index in [1.165, 1.54) is 0 Å². The van der Waals surface area contributed by atoms with E-state index < -0.39 is 0 Å². The summed E-state index contributed by atoms with van der Waals surface area (Å²) < 4.78 is 0. The molecule has 1 fully saturated rings. The smallest absolute Gasteiger partial charge is 0.269 e. The number of nitrogens with zero attached hydrogens (tertiary/aromatic N) is 1. The van der Waals surface area contributed by atoms with Gasteiger partial charge in [0.25, 0.3) is 5.91 Å². The molecule has 4 heteroatoms. The molecule has 2 rings (SSSR count). The molecule has 2 atom stereocenters. The monoisotopic (exact) mass is 252 g/mol. The molecule has 17 heavy (non-hydrogen) atoms. The van der Waals surface area contributed by atoms with Gasteiger partial charge in [-0.25, -0.2) is 0 Å². The van der Waals surface area contributed by atoms with E-state index in [1.807, 2.05) is 6.07 Å². The number of amides is 1. The highest BCUT2D eigenvalue weighted by Gasteiger charge is 2.20. The van der Waals surface area contributed by atoms with Crippen LogP contribution in [0.15, 0.2) is 24.4 Å². The molecule has 0 aromatic carbocycles. The fourth-order valence-corrected chi connectivity index (χ4v) is 2.64. The van der Waals surface area contributed by atoms with Crippen molar-refractivity contribution >= 4 is 17.5 Å². The first kappa shape index (κ1) is 12.4. The summed E-state index contributed by atoms with van der Waals surface area (Å²) >= 11 is 6.12. The van der Waals surface area contributed by atoms with Crippen LogP contribution in [0, 0.1) is 5.92 Å². The number of aromatic nitrogens is 1.